The molecule has 0 aliphatic carbocycles. The van der Waals surface area contributed by atoms with Crippen LogP contribution in [0.2, 0.25) is 0 Å². The maximum Gasteiger partial charge on any atom is 0.310 e. The van der Waals surface area contributed by atoms with Crippen LogP contribution in [0.4, 0.5) is 0 Å². The van der Waals surface area contributed by atoms with Gasteiger partial charge < -0.3 is 19.2 Å². The number of carboxylic acid groups (broad SMARTS) is 1. The van der Waals surface area contributed by atoms with Crippen LogP contribution in [0.25, 0.3) is 11.5 Å². The molecule has 0 spiro atoms. The maximum atomic E-state index is 13.6. The molecule has 1 amide bonds. The smallest absolute Gasteiger partial charge is 0.310 e. The highest BCUT2D eigenvalue weighted by Crippen LogP contribution is 2.27. The largest absolute Gasteiger partial charge is 0.493 e. The van der Waals surface area contributed by atoms with E-state index in [-0.39, 0.29) is 5.91 Å². The second kappa shape index (κ2) is 12.2. The Morgan fingerprint density at radius 2 is 1.71 bits per heavy atom. The lowest BCUT2D eigenvalue weighted by atomic mass is 9.94. The number of carbonyl (C=O) groups is 2. The molecule has 4 aromatic rings. The van der Waals surface area contributed by atoms with Gasteiger partial charge in [0.05, 0.1) is 18.2 Å². The predicted molar refractivity (Wildman–Crippen MR) is 145 cm³/mol. The molecule has 0 saturated carbocycles. The van der Waals surface area contributed by atoms with Crippen LogP contribution >= 0.6 is 0 Å². The molecule has 0 radical (unpaired) electrons. The van der Waals surface area contributed by atoms with E-state index < -0.39 is 11.9 Å². The van der Waals surface area contributed by atoms with E-state index in [1.807, 2.05) is 74.5 Å². The predicted octanol–water partition coefficient (Wildman–Crippen LogP) is 6.12. The van der Waals surface area contributed by atoms with Gasteiger partial charge in [-0.15, -0.1) is 0 Å². The summed E-state index contributed by atoms with van der Waals surface area (Å²) in [6.45, 7) is 6.60. The summed E-state index contributed by atoms with van der Waals surface area (Å²) < 4.78 is 11.8. The molecule has 7 heteroatoms. The van der Waals surface area contributed by atoms with Crippen LogP contribution in [0.1, 0.15) is 52.7 Å². The summed E-state index contributed by atoms with van der Waals surface area (Å²) in [5.74, 6) is -0.272. The molecule has 1 N–H and O–H groups in total. The number of carbonyl (C=O) groups excluding carboxylic acids is 1. The minimum atomic E-state index is -0.991. The average Bonchev–Trinajstić information content (AvgIpc) is 3.32. The van der Waals surface area contributed by atoms with E-state index in [4.69, 9.17) is 9.15 Å². The lowest BCUT2D eigenvalue weighted by Gasteiger charge is -2.24. The van der Waals surface area contributed by atoms with Gasteiger partial charge in [-0.1, -0.05) is 54.6 Å². The number of hydrogen-bond donors (Lipinski definition) is 1. The third kappa shape index (κ3) is 6.29. The van der Waals surface area contributed by atoms with Crippen LogP contribution in [-0.2, 0) is 17.8 Å². The van der Waals surface area contributed by atoms with Crippen molar-refractivity contribution in [2.75, 3.05) is 13.2 Å². The van der Waals surface area contributed by atoms with Crippen molar-refractivity contribution in [1.82, 2.24) is 9.88 Å². The molecule has 1 aromatic heterocycles. The van der Waals surface area contributed by atoms with Gasteiger partial charge in [0.2, 0.25) is 5.89 Å². The minimum absolute atomic E-state index is 0.232. The summed E-state index contributed by atoms with van der Waals surface area (Å²) in [6, 6.07) is 24.5. The molecule has 0 saturated heterocycles. The van der Waals surface area contributed by atoms with Gasteiger partial charge in [-0.05, 0) is 56.2 Å². The zero-order chi connectivity index (χ0) is 27.1. The van der Waals surface area contributed by atoms with Gasteiger partial charge in [-0.3, -0.25) is 9.59 Å². The lowest BCUT2D eigenvalue weighted by molar-refractivity contribution is -0.138. The molecule has 0 bridgehead atoms. The number of oxazole rings is 1. The number of nitrogens with zero attached hydrogens (tertiary/aromatic N) is 2. The number of rotatable bonds is 11. The topological polar surface area (TPSA) is 92.9 Å². The number of ether oxygens (including phenoxy) is 1. The monoisotopic (exact) mass is 512 g/mol. The molecule has 196 valence electrons. The van der Waals surface area contributed by atoms with Crippen LogP contribution in [0.15, 0.2) is 83.3 Å². The van der Waals surface area contributed by atoms with Gasteiger partial charge in [0.15, 0.2) is 0 Å². The molecule has 0 fully saturated rings. The second-order valence-electron chi connectivity index (χ2n) is 9.10. The fraction of sp³-hybridized carbons (Fsp3) is 0.258. The van der Waals surface area contributed by atoms with Crippen molar-refractivity contribution in [2.24, 2.45) is 0 Å². The van der Waals surface area contributed by atoms with Crippen molar-refractivity contribution < 1.29 is 23.8 Å². The highest BCUT2D eigenvalue weighted by Gasteiger charge is 2.25. The maximum absolute atomic E-state index is 13.6. The first-order valence-electron chi connectivity index (χ1n) is 12.7. The van der Waals surface area contributed by atoms with Crippen LogP contribution in [0, 0.1) is 6.92 Å². The van der Waals surface area contributed by atoms with E-state index in [0.717, 1.165) is 22.6 Å². The van der Waals surface area contributed by atoms with E-state index in [9.17, 15) is 14.7 Å². The highest BCUT2D eigenvalue weighted by molar-refractivity contribution is 5.97. The van der Waals surface area contributed by atoms with E-state index in [1.165, 1.54) is 0 Å². The van der Waals surface area contributed by atoms with Gasteiger partial charge in [-0.2, -0.15) is 0 Å². The Kier molecular flexibility index (Phi) is 8.58. The molecule has 0 aliphatic rings. The third-order valence-electron chi connectivity index (χ3n) is 6.50. The van der Waals surface area contributed by atoms with Gasteiger partial charge in [0.1, 0.15) is 11.5 Å². The minimum Gasteiger partial charge on any atom is -0.493 e. The van der Waals surface area contributed by atoms with Crippen molar-refractivity contribution >= 4 is 11.9 Å². The summed E-state index contributed by atoms with van der Waals surface area (Å²) >= 11 is 0. The number of carboxylic acids is 1. The van der Waals surface area contributed by atoms with Crippen LogP contribution in [0.3, 0.4) is 0 Å². The highest BCUT2D eigenvalue weighted by atomic mass is 16.5. The second-order valence-corrected chi connectivity index (χ2v) is 9.10. The Morgan fingerprint density at radius 3 is 2.37 bits per heavy atom. The first-order valence-corrected chi connectivity index (χ1v) is 12.7. The van der Waals surface area contributed by atoms with Gasteiger partial charge in [0, 0.05) is 30.6 Å². The Labute approximate surface area is 222 Å². The molecule has 4 rings (SSSR count). The van der Waals surface area contributed by atoms with E-state index in [0.29, 0.717) is 48.9 Å². The molecule has 7 nitrogen and oxygen atoms in total. The zero-order valence-corrected chi connectivity index (χ0v) is 21.9. The Bertz CT molecular complexity index is 1380. The first-order chi connectivity index (χ1) is 18.4. The van der Waals surface area contributed by atoms with Crippen LogP contribution in [-0.4, -0.2) is 40.0 Å². The van der Waals surface area contributed by atoms with E-state index in [1.54, 1.807) is 30.0 Å². The number of aryl methyl sites for hydroxylation is 1. The fourth-order valence-electron chi connectivity index (χ4n) is 4.25. The normalized spacial score (nSPS) is 11.7. The molecule has 3 aromatic carbocycles. The summed E-state index contributed by atoms with van der Waals surface area (Å²) in [4.78, 5) is 31.7. The molecular formula is C31H32N2O5. The quantitative estimate of drug-likeness (QED) is 0.260. The first kappa shape index (κ1) is 26.7. The molecular weight excluding hydrogens is 480 g/mol. The lowest BCUT2D eigenvalue weighted by Crippen LogP contribution is -2.31. The van der Waals surface area contributed by atoms with Crippen LogP contribution < -0.4 is 4.74 Å². The van der Waals surface area contributed by atoms with Gasteiger partial charge in [0.25, 0.3) is 5.91 Å². The molecule has 1 unspecified atom stereocenters. The van der Waals surface area contributed by atoms with Crippen molar-refractivity contribution in [1.29, 1.82) is 0 Å². The summed E-state index contributed by atoms with van der Waals surface area (Å²) in [5, 5.41) is 9.65. The fourth-order valence-corrected chi connectivity index (χ4v) is 4.25. The summed E-state index contributed by atoms with van der Waals surface area (Å²) in [7, 11) is 0. The molecule has 1 heterocycles. The van der Waals surface area contributed by atoms with Gasteiger partial charge >= 0.3 is 5.97 Å². The van der Waals surface area contributed by atoms with Gasteiger partial charge in [-0.25, -0.2) is 4.98 Å². The van der Waals surface area contributed by atoms with Crippen LogP contribution in [0.5, 0.6) is 5.75 Å². The number of amides is 1. The van der Waals surface area contributed by atoms with Crippen molar-refractivity contribution in [3.8, 4) is 17.2 Å². The zero-order valence-electron chi connectivity index (χ0n) is 21.9. The molecule has 0 aliphatic heterocycles. The number of hydrogen-bond acceptors (Lipinski definition) is 5. The van der Waals surface area contributed by atoms with E-state index >= 15 is 0 Å². The number of aliphatic carboxylic acids is 1. The van der Waals surface area contributed by atoms with Crippen molar-refractivity contribution in [3.05, 3.63) is 107 Å². The molecule has 38 heavy (non-hydrogen) atoms. The summed E-state index contributed by atoms with van der Waals surface area (Å²) in [6.07, 6.45) is 0.522. The van der Waals surface area contributed by atoms with E-state index in [2.05, 4.69) is 4.98 Å². The Balaban J connectivity index is 1.52. The van der Waals surface area contributed by atoms with Crippen molar-refractivity contribution in [2.45, 2.75) is 39.7 Å². The Hall–Kier alpha value is -4.39. The SMILES string of the molecule is CCN(Cc1ccccc1)C(=O)c1cc(OCCc2nc(-c3ccccc3)oc2C)ccc1C(C)C(=O)O. The number of benzene rings is 3. The van der Waals surface area contributed by atoms with Crippen molar-refractivity contribution in [3.63, 3.8) is 0 Å². The third-order valence-corrected chi connectivity index (χ3v) is 6.50. The summed E-state index contributed by atoms with van der Waals surface area (Å²) in [5.41, 5.74) is 3.50. The Morgan fingerprint density at radius 1 is 1.03 bits per heavy atom. The molecule has 1 atom stereocenters. The number of aromatic nitrogens is 1. The average molecular weight is 513 g/mol. The standard InChI is InChI=1S/C31H32N2O5/c1-4-33(20-23-11-7-5-8-12-23)30(34)27-19-25(15-16-26(27)21(2)31(35)36)37-18-17-28-22(3)38-29(32-28)24-13-9-6-10-14-24/h5-16,19,21H,4,17-18,20H2,1-3H3,(H,35,36).